The topological polar surface area (TPSA) is 75.3 Å². The lowest BCUT2D eigenvalue weighted by atomic mass is 9.78. The third-order valence-corrected chi connectivity index (χ3v) is 6.02. The molecule has 6 nitrogen and oxygen atoms in total. The summed E-state index contributed by atoms with van der Waals surface area (Å²) in [6.07, 6.45) is 6.26. The fraction of sp³-hybridized carbons (Fsp3) is 0.737. The molecular weight excluding hydrogens is 314 g/mol. The minimum atomic E-state index is 0.196. The number of piperidine rings is 1. The Kier molecular flexibility index (Phi) is 4.63. The van der Waals surface area contributed by atoms with E-state index in [9.17, 15) is 4.79 Å². The van der Waals surface area contributed by atoms with Gasteiger partial charge in [0.15, 0.2) is 0 Å². The van der Waals surface area contributed by atoms with Crippen LogP contribution in [-0.2, 0) is 4.79 Å². The van der Waals surface area contributed by atoms with E-state index in [1.54, 1.807) is 0 Å². The van der Waals surface area contributed by atoms with Gasteiger partial charge in [-0.2, -0.15) is 0 Å². The first-order valence-corrected chi connectivity index (χ1v) is 9.75. The summed E-state index contributed by atoms with van der Waals surface area (Å²) in [5.41, 5.74) is 7.07. The highest BCUT2D eigenvalue weighted by atomic mass is 16.2. The third kappa shape index (κ3) is 3.50. The number of nitrogens with two attached hydrogens (primary N) is 1. The lowest BCUT2D eigenvalue weighted by Gasteiger charge is -2.35. The Bertz CT molecular complexity index is 629. The average molecular weight is 343 g/mol. The maximum absolute atomic E-state index is 12.6. The van der Waals surface area contributed by atoms with E-state index in [4.69, 9.17) is 5.73 Å². The number of hydrogen-bond acceptors (Lipinski definition) is 5. The second-order valence-electron chi connectivity index (χ2n) is 7.92. The van der Waals surface area contributed by atoms with Gasteiger partial charge in [0.1, 0.15) is 11.6 Å². The number of amides is 1. The van der Waals surface area contributed by atoms with Crippen LogP contribution in [0.3, 0.4) is 0 Å². The predicted molar refractivity (Wildman–Crippen MR) is 97.5 cm³/mol. The smallest absolute Gasteiger partial charge is 0.225 e. The molecule has 0 spiro atoms. The van der Waals surface area contributed by atoms with Gasteiger partial charge in [-0.25, -0.2) is 9.97 Å². The van der Waals surface area contributed by atoms with Crippen LogP contribution in [0.2, 0.25) is 0 Å². The summed E-state index contributed by atoms with van der Waals surface area (Å²) in [5.74, 6) is 2.92. The molecule has 1 aliphatic carbocycles. The molecule has 3 heterocycles. The van der Waals surface area contributed by atoms with Crippen molar-refractivity contribution in [3.05, 3.63) is 17.6 Å². The van der Waals surface area contributed by atoms with Gasteiger partial charge in [0.2, 0.25) is 5.91 Å². The summed E-state index contributed by atoms with van der Waals surface area (Å²) in [7, 11) is 0. The van der Waals surface area contributed by atoms with Gasteiger partial charge in [0.25, 0.3) is 0 Å². The first-order chi connectivity index (χ1) is 12.1. The molecule has 1 aromatic heterocycles. The molecule has 0 unspecified atom stereocenters. The van der Waals surface area contributed by atoms with Crippen LogP contribution >= 0.6 is 0 Å². The van der Waals surface area contributed by atoms with Crippen LogP contribution in [0.15, 0.2) is 6.07 Å². The lowest BCUT2D eigenvalue weighted by molar-refractivity contribution is -0.135. The van der Waals surface area contributed by atoms with Gasteiger partial charge >= 0.3 is 0 Å². The molecule has 2 saturated heterocycles. The van der Waals surface area contributed by atoms with E-state index in [1.807, 2.05) is 6.92 Å². The highest BCUT2D eigenvalue weighted by Gasteiger charge is 2.32. The van der Waals surface area contributed by atoms with E-state index in [0.29, 0.717) is 17.9 Å². The van der Waals surface area contributed by atoms with E-state index < -0.39 is 0 Å². The minimum absolute atomic E-state index is 0.196. The molecule has 25 heavy (non-hydrogen) atoms. The molecule has 0 bridgehead atoms. The first kappa shape index (κ1) is 16.8. The summed E-state index contributed by atoms with van der Waals surface area (Å²) in [6.45, 7) is 5.69. The Morgan fingerprint density at radius 1 is 1.12 bits per heavy atom. The highest BCUT2D eigenvalue weighted by molar-refractivity contribution is 5.79. The Hall–Kier alpha value is -1.69. The molecule has 6 heteroatoms. The number of anilines is 1. The van der Waals surface area contributed by atoms with Crippen molar-refractivity contribution in [3.63, 3.8) is 0 Å². The maximum Gasteiger partial charge on any atom is 0.225 e. The number of nitrogens with zero attached hydrogens (tertiary/aromatic N) is 4. The van der Waals surface area contributed by atoms with Crippen LogP contribution in [0.5, 0.6) is 0 Å². The van der Waals surface area contributed by atoms with Crippen molar-refractivity contribution < 1.29 is 4.79 Å². The molecule has 136 valence electrons. The van der Waals surface area contributed by atoms with Gasteiger partial charge in [0, 0.05) is 55.8 Å². The fourth-order valence-corrected chi connectivity index (χ4v) is 4.40. The summed E-state index contributed by atoms with van der Waals surface area (Å²) in [6, 6.07) is 2.47. The molecule has 0 radical (unpaired) electrons. The molecule has 1 amide bonds. The highest BCUT2D eigenvalue weighted by Crippen LogP contribution is 2.36. The van der Waals surface area contributed by atoms with Gasteiger partial charge in [-0.15, -0.1) is 0 Å². The molecular formula is C19H29N5O. The standard InChI is InChI=1S/C19H29N5O/c1-13-21-17(15-10-16(20)11-15)12-18(22-13)23-8-4-14(5-9-23)19(25)24-6-2-3-7-24/h12,14-16H,2-11,20H2,1H3. The van der Waals surface area contributed by atoms with E-state index in [-0.39, 0.29) is 5.92 Å². The molecule has 1 aromatic rings. The van der Waals surface area contributed by atoms with Crippen molar-refractivity contribution in [1.29, 1.82) is 0 Å². The van der Waals surface area contributed by atoms with Crippen molar-refractivity contribution in [1.82, 2.24) is 14.9 Å². The predicted octanol–water partition coefficient (Wildman–Crippen LogP) is 1.83. The summed E-state index contributed by atoms with van der Waals surface area (Å²) < 4.78 is 0. The number of carbonyl (C=O) groups excluding carboxylic acids is 1. The van der Waals surface area contributed by atoms with Crippen LogP contribution in [-0.4, -0.2) is 53.0 Å². The van der Waals surface area contributed by atoms with Gasteiger partial charge in [-0.05, 0) is 45.4 Å². The van der Waals surface area contributed by atoms with Crippen LogP contribution in [0.1, 0.15) is 56.0 Å². The van der Waals surface area contributed by atoms with E-state index in [1.165, 1.54) is 12.8 Å². The maximum atomic E-state index is 12.6. The lowest BCUT2D eigenvalue weighted by Crippen LogP contribution is -2.42. The number of carbonyl (C=O) groups is 1. The summed E-state index contributed by atoms with van der Waals surface area (Å²) >= 11 is 0. The zero-order chi connectivity index (χ0) is 17.4. The quantitative estimate of drug-likeness (QED) is 0.906. The molecule has 1 saturated carbocycles. The molecule has 2 N–H and O–H groups in total. The molecule has 2 aliphatic heterocycles. The number of aromatic nitrogens is 2. The zero-order valence-electron chi connectivity index (χ0n) is 15.2. The number of rotatable bonds is 3. The van der Waals surface area contributed by atoms with Gasteiger partial charge in [-0.1, -0.05) is 0 Å². The molecule has 0 atom stereocenters. The van der Waals surface area contributed by atoms with Crippen LogP contribution < -0.4 is 10.6 Å². The van der Waals surface area contributed by atoms with Crippen molar-refractivity contribution in [2.75, 3.05) is 31.1 Å². The number of aryl methyl sites for hydroxylation is 1. The molecule has 3 fully saturated rings. The fourth-order valence-electron chi connectivity index (χ4n) is 4.40. The Labute approximate surface area is 149 Å². The zero-order valence-corrected chi connectivity index (χ0v) is 15.2. The van der Waals surface area contributed by atoms with Crippen molar-refractivity contribution in [3.8, 4) is 0 Å². The Morgan fingerprint density at radius 3 is 2.44 bits per heavy atom. The van der Waals surface area contributed by atoms with E-state index >= 15 is 0 Å². The average Bonchev–Trinajstić information content (AvgIpc) is 3.12. The third-order valence-electron chi connectivity index (χ3n) is 6.02. The molecule has 0 aromatic carbocycles. The SMILES string of the molecule is Cc1nc(C2CC(N)C2)cc(N2CCC(C(=O)N3CCCC3)CC2)n1. The summed E-state index contributed by atoms with van der Waals surface area (Å²) in [5, 5.41) is 0. The van der Waals surface area contributed by atoms with Gasteiger partial charge in [-0.3, -0.25) is 4.79 Å². The molecule has 3 aliphatic rings. The number of likely N-dealkylation sites (tertiary alicyclic amines) is 1. The van der Waals surface area contributed by atoms with Crippen molar-refractivity contribution >= 4 is 11.7 Å². The molecule has 4 rings (SSSR count). The minimum Gasteiger partial charge on any atom is -0.356 e. The first-order valence-electron chi connectivity index (χ1n) is 9.75. The van der Waals surface area contributed by atoms with Crippen molar-refractivity contribution in [2.24, 2.45) is 11.7 Å². The summed E-state index contributed by atoms with van der Waals surface area (Å²) in [4.78, 5) is 26.3. The monoisotopic (exact) mass is 343 g/mol. The normalized spacial score (nSPS) is 27.4. The van der Waals surface area contributed by atoms with Gasteiger partial charge in [0.05, 0.1) is 0 Å². The second-order valence-corrected chi connectivity index (χ2v) is 7.92. The van der Waals surface area contributed by atoms with Crippen molar-refractivity contribution in [2.45, 2.75) is 57.4 Å². The Balaban J connectivity index is 1.39. The van der Waals surface area contributed by atoms with Gasteiger partial charge < -0.3 is 15.5 Å². The largest absolute Gasteiger partial charge is 0.356 e. The number of hydrogen-bond donors (Lipinski definition) is 1. The van der Waals surface area contributed by atoms with Crippen LogP contribution in [0, 0.1) is 12.8 Å². The van der Waals surface area contributed by atoms with Crippen LogP contribution in [0.25, 0.3) is 0 Å². The van der Waals surface area contributed by atoms with E-state index in [0.717, 1.165) is 69.2 Å². The van der Waals surface area contributed by atoms with Crippen LogP contribution in [0.4, 0.5) is 5.82 Å². The second kappa shape index (κ2) is 6.90. The Morgan fingerprint density at radius 2 is 1.80 bits per heavy atom. The van der Waals surface area contributed by atoms with E-state index in [2.05, 4.69) is 25.8 Å².